The monoisotopic (exact) mass is 256 g/mol. The minimum atomic E-state index is -0.281. The molecule has 0 aliphatic carbocycles. The molecule has 0 unspecified atom stereocenters. The summed E-state index contributed by atoms with van der Waals surface area (Å²) in [5.74, 6) is 0.845. The highest BCUT2D eigenvalue weighted by molar-refractivity contribution is 5.21. The summed E-state index contributed by atoms with van der Waals surface area (Å²) in [4.78, 5) is 0. The van der Waals surface area contributed by atoms with Gasteiger partial charge in [0.15, 0.2) is 6.29 Å². The molecule has 1 heterocycles. The number of hydrogen-bond acceptors (Lipinski definition) is 3. The van der Waals surface area contributed by atoms with Gasteiger partial charge in [-0.1, -0.05) is 48.5 Å². The molecule has 0 spiro atoms. The average Bonchev–Trinajstić information content (AvgIpc) is 2.50. The van der Waals surface area contributed by atoms with Crippen molar-refractivity contribution in [1.29, 1.82) is 0 Å². The minimum Gasteiger partial charge on any atom is -0.486 e. The van der Waals surface area contributed by atoms with Crippen molar-refractivity contribution in [2.45, 2.75) is 12.4 Å². The van der Waals surface area contributed by atoms with Crippen molar-refractivity contribution in [3.63, 3.8) is 0 Å². The SMILES string of the molecule is c1ccc(OC2COC(c3ccccc3)OC2)cc1. The van der Waals surface area contributed by atoms with Gasteiger partial charge in [0.25, 0.3) is 0 Å². The molecule has 1 aliphatic heterocycles. The first-order valence-electron chi connectivity index (χ1n) is 6.42. The van der Waals surface area contributed by atoms with Gasteiger partial charge in [0.05, 0.1) is 13.2 Å². The molecule has 0 amide bonds. The van der Waals surface area contributed by atoms with E-state index in [0.29, 0.717) is 13.2 Å². The van der Waals surface area contributed by atoms with Crippen LogP contribution in [0.15, 0.2) is 60.7 Å². The van der Waals surface area contributed by atoms with Crippen LogP contribution >= 0.6 is 0 Å². The molecule has 3 heteroatoms. The van der Waals surface area contributed by atoms with Gasteiger partial charge in [-0.25, -0.2) is 0 Å². The quantitative estimate of drug-likeness (QED) is 0.844. The molecule has 1 aliphatic rings. The lowest BCUT2D eigenvalue weighted by molar-refractivity contribution is -0.215. The number of rotatable bonds is 3. The fourth-order valence-corrected chi connectivity index (χ4v) is 2.05. The summed E-state index contributed by atoms with van der Waals surface area (Å²) >= 11 is 0. The third-order valence-electron chi connectivity index (χ3n) is 2.98. The lowest BCUT2D eigenvalue weighted by Crippen LogP contribution is -2.35. The average molecular weight is 256 g/mol. The molecular weight excluding hydrogens is 240 g/mol. The zero-order chi connectivity index (χ0) is 12.9. The van der Waals surface area contributed by atoms with E-state index in [1.54, 1.807) is 0 Å². The molecule has 0 bridgehead atoms. The summed E-state index contributed by atoms with van der Waals surface area (Å²) in [7, 11) is 0. The molecule has 0 atom stereocenters. The van der Waals surface area contributed by atoms with Gasteiger partial charge < -0.3 is 14.2 Å². The Labute approximate surface area is 112 Å². The van der Waals surface area contributed by atoms with Crippen LogP contribution in [0.5, 0.6) is 5.75 Å². The summed E-state index contributed by atoms with van der Waals surface area (Å²) < 4.78 is 17.2. The summed E-state index contributed by atoms with van der Waals surface area (Å²) in [6.07, 6.45) is -0.334. The highest BCUT2D eigenvalue weighted by atomic mass is 16.7. The van der Waals surface area contributed by atoms with Crippen LogP contribution in [0.3, 0.4) is 0 Å². The van der Waals surface area contributed by atoms with E-state index in [0.717, 1.165) is 11.3 Å². The Morgan fingerprint density at radius 3 is 2.00 bits per heavy atom. The molecule has 0 radical (unpaired) electrons. The van der Waals surface area contributed by atoms with Crippen LogP contribution in [0.25, 0.3) is 0 Å². The predicted molar refractivity (Wildman–Crippen MR) is 71.9 cm³/mol. The van der Waals surface area contributed by atoms with Crippen molar-refractivity contribution >= 4 is 0 Å². The maximum absolute atomic E-state index is 5.79. The molecule has 0 aromatic heterocycles. The van der Waals surface area contributed by atoms with E-state index in [2.05, 4.69) is 0 Å². The first-order valence-corrected chi connectivity index (χ1v) is 6.42. The van der Waals surface area contributed by atoms with E-state index in [-0.39, 0.29) is 12.4 Å². The fourth-order valence-electron chi connectivity index (χ4n) is 2.05. The van der Waals surface area contributed by atoms with Crippen molar-refractivity contribution in [3.8, 4) is 5.75 Å². The van der Waals surface area contributed by atoms with E-state index in [1.165, 1.54) is 0 Å². The third kappa shape index (κ3) is 3.13. The number of para-hydroxylation sites is 1. The molecule has 1 fully saturated rings. The van der Waals surface area contributed by atoms with Gasteiger partial charge in [-0.2, -0.15) is 0 Å². The fraction of sp³-hybridized carbons (Fsp3) is 0.250. The van der Waals surface area contributed by atoms with E-state index in [1.807, 2.05) is 60.7 Å². The highest BCUT2D eigenvalue weighted by Gasteiger charge is 2.24. The Balaban J connectivity index is 1.55. The second-order valence-electron chi connectivity index (χ2n) is 4.46. The lowest BCUT2D eigenvalue weighted by atomic mass is 10.2. The van der Waals surface area contributed by atoms with E-state index in [9.17, 15) is 0 Å². The molecule has 3 nitrogen and oxygen atoms in total. The van der Waals surface area contributed by atoms with Crippen LogP contribution in [0.1, 0.15) is 11.9 Å². The van der Waals surface area contributed by atoms with Gasteiger partial charge >= 0.3 is 0 Å². The van der Waals surface area contributed by atoms with E-state index in [4.69, 9.17) is 14.2 Å². The van der Waals surface area contributed by atoms with Gasteiger partial charge in [0, 0.05) is 5.56 Å². The number of benzene rings is 2. The number of ether oxygens (including phenoxy) is 3. The van der Waals surface area contributed by atoms with Crippen LogP contribution < -0.4 is 4.74 Å². The zero-order valence-corrected chi connectivity index (χ0v) is 10.6. The summed E-state index contributed by atoms with van der Waals surface area (Å²) in [5, 5.41) is 0. The van der Waals surface area contributed by atoms with Crippen molar-refractivity contribution in [2.24, 2.45) is 0 Å². The summed E-state index contributed by atoms with van der Waals surface area (Å²) in [5.41, 5.74) is 1.04. The van der Waals surface area contributed by atoms with E-state index >= 15 is 0 Å². The topological polar surface area (TPSA) is 27.7 Å². The molecule has 98 valence electrons. The van der Waals surface area contributed by atoms with Crippen LogP contribution in [0.2, 0.25) is 0 Å². The first-order chi connectivity index (χ1) is 9.42. The zero-order valence-electron chi connectivity index (χ0n) is 10.6. The molecule has 3 rings (SSSR count). The third-order valence-corrected chi connectivity index (χ3v) is 2.98. The number of hydrogen-bond donors (Lipinski definition) is 0. The van der Waals surface area contributed by atoms with Crippen LogP contribution in [-0.4, -0.2) is 19.3 Å². The Kier molecular flexibility index (Phi) is 3.77. The molecule has 19 heavy (non-hydrogen) atoms. The van der Waals surface area contributed by atoms with E-state index < -0.39 is 0 Å². The van der Waals surface area contributed by atoms with Crippen molar-refractivity contribution in [3.05, 3.63) is 66.2 Å². The predicted octanol–water partition coefficient (Wildman–Crippen LogP) is 3.18. The van der Waals surface area contributed by atoms with Gasteiger partial charge in [0.1, 0.15) is 11.9 Å². The highest BCUT2D eigenvalue weighted by Crippen LogP contribution is 2.24. The molecule has 1 saturated heterocycles. The Morgan fingerprint density at radius 2 is 1.37 bits per heavy atom. The Hall–Kier alpha value is -1.84. The van der Waals surface area contributed by atoms with Crippen LogP contribution in [-0.2, 0) is 9.47 Å². The Bertz CT molecular complexity index is 490. The van der Waals surface area contributed by atoms with Crippen LogP contribution in [0.4, 0.5) is 0 Å². The van der Waals surface area contributed by atoms with Crippen LogP contribution in [0, 0.1) is 0 Å². The van der Waals surface area contributed by atoms with Gasteiger partial charge in [-0.05, 0) is 12.1 Å². The summed E-state index contributed by atoms with van der Waals surface area (Å²) in [6.45, 7) is 1.07. The standard InChI is InChI=1S/C16H16O3/c1-3-7-13(8-4-1)16-17-11-15(12-18-16)19-14-9-5-2-6-10-14/h1-10,15-16H,11-12H2. The van der Waals surface area contributed by atoms with Crippen molar-refractivity contribution in [2.75, 3.05) is 13.2 Å². The van der Waals surface area contributed by atoms with Gasteiger partial charge in [-0.15, -0.1) is 0 Å². The van der Waals surface area contributed by atoms with Crippen molar-refractivity contribution in [1.82, 2.24) is 0 Å². The maximum atomic E-state index is 5.79. The second-order valence-corrected chi connectivity index (χ2v) is 4.46. The molecule has 0 N–H and O–H groups in total. The molecule has 0 saturated carbocycles. The smallest absolute Gasteiger partial charge is 0.184 e. The summed E-state index contributed by atoms with van der Waals surface area (Å²) in [6, 6.07) is 19.7. The largest absolute Gasteiger partial charge is 0.486 e. The minimum absolute atomic E-state index is 0.0534. The Morgan fingerprint density at radius 1 is 0.789 bits per heavy atom. The van der Waals surface area contributed by atoms with Gasteiger partial charge in [0.2, 0.25) is 0 Å². The first kappa shape index (κ1) is 12.2. The normalized spacial score (nSPS) is 22.9. The molecular formula is C16H16O3. The second kappa shape index (κ2) is 5.87. The molecule has 2 aromatic rings. The maximum Gasteiger partial charge on any atom is 0.184 e. The van der Waals surface area contributed by atoms with Gasteiger partial charge in [-0.3, -0.25) is 0 Å². The van der Waals surface area contributed by atoms with Crippen molar-refractivity contribution < 1.29 is 14.2 Å². The lowest BCUT2D eigenvalue weighted by Gasteiger charge is -2.29. The molecule has 2 aromatic carbocycles.